The van der Waals surface area contributed by atoms with Crippen molar-refractivity contribution in [2.45, 2.75) is 31.7 Å². The van der Waals surface area contributed by atoms with Gasteiger partial charge in [-0.3, -0.25) is 19.7 Å². The number of aromatic nitrogens is 2. The van der Waals surface area contributed by atoms with Gasteiger partial charge in [0.1, 0.15) is 6.61 Å². The molecule has 15 heteroatoms. The molecule has 3 heterocycles. The Morgan fingerprint density at radius 2 is 1.69 bits per heavy atom. The molecule has 2 aliphatic heterocycles. The van der Waals surface area contributed by atoms with Gasteiger partial charge in [0.15, 0.2) is 0 Å². The normalized spacial score (nSPS) is 19.3. The standard InChI is InChI=1S/C30H34F6N6O3/c1-20(39-45-13-10-40-8-11-44-12-9-40)18-41-6-7-42(24(19-41)17-27-25-4-2-3-5-26(25)37-38-27)28(43)21-14-22(29(31,32)33)16-23(15-21)30(34,35)36/h2-5,14-16,24H,6-13,17-19H2,1H3,(H,37,38)/b39-20+. The number of amides is 1. The van der Waals surface area contributed by atoms with Gasteiger partial charge >= 0.3 is 12.4 Å². The first-order valence-corrected chi connectivity index (χ1v) is 14.6. The molecule has 2 fully saturated rings. The van der Waals surface area contributed by atoms with Gasteiger partial charge in [-0.15, -0.1) is 0 Å². The molecule has 2 aliphatic rings. The number of ether oxygens (including phenoxy) is 1. The van der Waals surface area contributed by atoms with Crippen molar-refractivity contribution in [1.29, 1.82) is 0 Å². The van der Waals surface area contributed by atoms with E-state index in [9.17, 15) is 31.1 Å². The third kappa shape index (κ3) is 8.32. The van der Waals surface area contributed by atoms with Crippen molar-refractivity contribution in [2.24, 2.45) is 5.16 Å². The number of rotatable bonds is 9. The zero-order valence-electron chi connectivity index (χ0n) is 24.6. The summed E-state index contributed by atoms with van der Waals surface area (Å²) in [6.07, 6.45) is -9.91. The van der Waals surface area contributed by atoms with Crippen LogP contribution in [0.3, 0.4) is 0 Å². The predicted molar refractivity (Wildman–Crippen MR) is 154 cm³/mol. The third-order valence-corrected chi connectivity index (χ3v) is 7.92. The minimum atomic E-state index is -5.07. The Morgan fingerprint density at radius 1 is 1.00 bits per heavy atom. The summed E-state index contributed by atoms with van der Waals surface area (Å²) in [5.74, 6) is -0.909. The van der Waals surface area contributed by atoms with Crippen LogP contribution in [0.1, 0.15) is 34.1 Å². The van der Waals surface area contributed by atoms with Gasteiger partial charge in [0.25, 0.3) is 5.91 Å². The minimum Gasteiger partial charge on any atom is -0.394 e. The number of nitrogens with one attached hydrogen (secondary N) is 1. The summed E-state index contributed by atoms with van der Waals surface area (Å²) in [6.45, 7) is 7.06. The van der Waals surface area contributed by atoms with Crippen molar-refractivity contribution in [1.82, 2.24) is 24.9 Å². The van der Waals surface area contributed by atoms with E-state index in [0.717, 1.165) is 24.0 Å². The van der Waals surface area contributed by atoms with Gasteiger partial charge in [0, 0.05) is 63.2 Å². The van der Waals surface area contributed by atoms with Crippen molar-refractivity contribution in [2.75, 3.05) is 65.6 Å². The van der Waals surface area contributed by atoms with Crippen LogP contribution >= 0.6 is 0 Å². The molecule has 1 atom stereocenters. The molecule has 1 unspecified atom stereocenters. The maximum Gasteiger partial charge on any atom is 0.416 e. The molecular formula is C30H34F6N6O3. The number of halogens is 6. The molecule has 0 radical (unpaired) electrons. The number of morpholine rings is 1. The molecule has 2 saturated heterocycles. The van der Waals surface area contributed by atoms with Gasteiger partial charge in [-0.1, -0.05) is 23.4 Å². The molecule has 5 rings (SSSR count). The van der Waals surface area contributed by atoms with E-state index in [4.69, 9.17) is 9.57 Å². The highest BCUT2D eigenvalue weighted by Crippen LogP contribution is 2.37. The molecule has 0 saturated carbocycles. The number of aromatic amines is 1. The third-order valence-electron chi connectivity index (χ3n) is 7.92. The van der Waals surface area contributed by atoms with E-state index in [-0.39, 0.29) is 19.0 Å². The predicted octanol–water partition coefficient (Wildman–Crippen LogP) is 4.69. The van der Waals surface area contributed by atoms with Crippen LogP contribution in [-0.2, 0) is 28.3 Å². The van der Waals surface area contributed by atoms with Crippen molar-refractivity contribution in [3.8, 4) is 0 Å². The lowest BCUT2D eigenvalue weighted by Crippen LogP contribution is -2.56. The lowest BCUT2D eigenvalue weighted by atomic mass is 10.00. The van der Waals surface area contributed by atoms with Crippen molar-refractivity contribution >= 4 is 22.5 Å². The number of fused-ring (bicyclic) bond motifs is 1. The second kappa shape index (κ2) is 13.7. The van der Waals surface area contributed by atoms with Crippen LogP contribution in [-0.4, -0.2) is 108 Å². The Morgan fingerprint density at radius 3 is 2.38 bits per heavy atom. The average Bonchev–Trinajstić information content (AvgIpc) is 3.41. The number of H-pyrrole nitrogens is 1. The van der Waals surface area contributed by atoms with Gasteiger partial charge in [-0.2, -0.15) is 31.4 Å². The Kier molecular flexibility index (Phi) is 9.99. The highest BCUT2D eigenvalue weighted by molar-refractivity contribution is 5.95. The molecule has 0 aliphatic carbocycles. The monoisotopic (exact) mass is 640 g/mol. The summed E-state index contributed by atoms with van der Waals surface area (Å²) < 4.78 is 86.7. The number of alkyl halides is 6. The first-order chi connectivity index (χ1) is 21.4. The van der Waals surface area contributed by atoms with Crippen molar-refractivity contribution in [3.63, 3.8) is 0 Å². The number of benzene rings is 2. The number of para-hydroxylation sites is 1. The Bertz CT molecular complexity index is 1470. The fourth-order valence-electron chi connectivity index (χ4n) is 5.65. The molecule has 244 valence electrons. The second-order valence-corrected chi connectivity index (χ2v) is 11.2. The number of piperazine rings is 1. The van der Waals surface area contributed by atoms with E-state index in [1.54, 1.807) is 0 Å². The van der Waals surface area contributed by atoms with Gasteiger partial charge in [-0.25, -0.2) is 0 Å². The number of hydrogen-bond acceptors (Lipinski definition) is 7. The van der Waals surface area contributed by atoms with Crippen LogP contribution in [0.25, 0.3) is 10.9 Å². The van der Waals surface area contributed by atoms with Gasteiger partial charge < -0.3 is 14.5 Å². The summed E-state index contributed by atoms with van der Waals surface area (Å²) in [4.78, 5) is 24.8. The van der Waals surface area contributed by atoms with Crippen LogP contribution in [0, 0.1) is 0 Å². The zero-order valence-corrected chi connectivity index (χ0v) is 24.6. The summed E-state index contributed by atoms with van der Waals surface area (Å²) >= 11 is 0. The lowest BCUT2D eigenvalue weighted by molar-refractivity contribution is -0.143. The number of hydrogen-bond donors (Lipinski definition) is 1. The highest BCUT2D eigenvalue weighted by Gasteiger charge is 2.39. The average molecular weight is 641 g/mol. The topological polar surface area (TPSA) is 86.3 Å². The number of oxime groups is 1. The van der Waals surface area contributed by atoms with Crippen LogP contribution in [0.15, 0.2) is 47.6 Å². The van der Waals surface area contributed by atoms with Gasteiger partial charge in [0.05, 0.1) is 47.3 Å². The molecule has 45 heavy (non-hydrogen) atoms. The maximum absolute atomic E-state index is 13.7. The smallest absolute Gasteiger partial charge is 0.394 e. The number of carbonyl (C=O) groups is 1. The van der Waals surface area contributed by atoms with Gasteiger partial charge in [0.2, 0.25) is 0 Å². The van der Waals surface area contributed by atoms with Crippen LogP contribution < -0.4 is 0 Å². The van der Waals surface area contributed by atoms with E-state index < -0.39 is 41.0 Å². The first kappa shape index (κ1) is 32.7. The maximum atomic E-state index is 13.7. The fourth-order valence-corrected chi connectivity index (χ4v) is 5.65. The fraction of sp³-hybridized carbons (Fsp3) is 0.500. The quantitative estimate of drug-likeness (QED) is 0.158. The van der Waals surface area contributed by atoms with Crippen molar-refractivity contribution in [3.05, 3.63) is 64.8 Å². The molecule has 1 N–H and O–H groups in total. The number of carbonyl (C=O) groups excluding carboxylic acids is 1. The molecule has 0 bridgehead atoms. The largest absolute Gasteiger partial charge is 0.416 e. The molecular weight excluding hydrogens is 606 g/mol. The summed E-state index contributed by atoms with van der Waals surface area (Å²) in [6, 6.07) is 7.74. The molecule has 1 amide bonds. The van der Waals surface area contributed by atoms with E-state index >= 15 is 0 Å². The molecule has 9 nitrogen and oxygen atoms in total. The van der Waals surface area contributed by atoms with Crippen LogP contribution in [0.5, 0.6) is 0 Å². The minimum absolute atomic E-state index is 0.0210. The lowest BCUT2D eigenvalue weighted by Gasteiger charge is -2.41. The molecule has 0 spiro atoms. The van der Waals surface area contributed by atoms with E-state index in [0.29, 0.717) is 69.5 Å². The van der Waals surface area contributed by atoms with E-state index in [2.05, 4.69) is 20.3 Å². The molecule has 1 aromatic heterocycles. The second-order valence-electron chi connectivity index (χ2n) is 11.2. The van der Waals surface area contributed by atoms with Crippen LogP contribution in [0.2, 0.25) is 0 Å². The summed E-state index contributed by atoms with van der Waals surface area (Å²) in [7, 11) is 0. The van der Waals surface area contributed by atoms with Gasteiger partial charge in [-0.05, 0) is 31.2 Å². The highest BCUT2D eigenvalue weighted by atomic mass is 19.4. The SMILES string of the molecule is C/C(CN1CCN(C(=O)c2cc(C(F)(F)F)cc(C(F)(F)F)c2)C(Cc2n[nH]c3ccccc23)C1)=N\OCCN1CCOCC1. The summed E-state index contributed by atoms with van der Waals surface area (Å²) in [5, 5.41) is 12.4. The Hall–Kier alpha value is -3.69. The first-order valence-electron chi connectivity index (χ1n) is 14.6. The molecule has 2 aromatic carbocycles. The molecule has 3 aromatic rings. The van der Waals surface area contributed by atoms with E-state index in [1.807, 2.05) is 36.1 Å². The zero-order chi connectivity index (χ0) is 32.2. The Labute approximate surface area is 255 Å². The van der Waals surface area contributed by atoms with E-state index in [1.165, 1.54) is 4.90 Å². The summed E-state index contributed by atoms with van der Waals surface area (Å²) in [5.41, 5.74) is -1.65. The van der Waals surface area contributed by atoms with Crippen molar-refractivity contribution < 1.29 is 40.7 Å². The Balaban J connectivity index is 1.34. The number of nitrogens with zero attached hydrogens (tertiary/aromatic N) is 5. The van der Waals surface area contributed by atoms with Crippen LogP contribution in [0.4, 0.5) is 26.3 Å².